The molecule has 1 atom stereocenters. The lowest BCUT2D eigenvalue weighted by Gasteiger charge is -2.15. The summed E-state index contributed by atoms with van der Waals surface area (Å²) in [5.41, 5.74) is 1.19. The van der Waals surface area contributed by atoms with E-state index in [1.165, 1.54) is 0 Å². The average molecular weight is 362 g/mol. The summed E-state index contributed by atoms with van der Waals surface area (Å²) < 4.78 is 5.92. The van der Waals surface area contributed by atoms with Gasteiger partial charge in [-0.15, -0.1) is 0 Å². The Bertz CT molecular complexity index is 602. The molecule has 0 saturated heterocycles. The number of hydrogen-bond donors (Lipinski definition) is 1. The summed E-state index contributed by atoms with van der Waals surface area (Å²) in [4.78, 5) is 0. The van der Waals surface area contributed by atoms with E-state index in [0.29, 0.717) is 26.9 Å². The van der Waals surface area contributed by atoms with Crippen molar-refractivity contribution in [2.75, 3.05) is 7.11 Å². The fourth-order valence-corrected chi connectivity index (χ4v) is 2.62. The zero-order valence-corrected chi connectivity index (χ0v) is 13.1. The van der Waals surface area contributed by atoms with Crippen molar-refractivity contribution in [1.82, 2.24) is 0 Å². The first-order chi connectivity index (χ1) is 9.02. The first kappa shape index (κ1) is 14.7. The van der Waals surface area contributed by atoms with E-state index in [0.717, 1.165) is 4.47 Å². The number of aliphatic hydroxyl groups is 1. The van der Waals surface area contributed by atoms with Crippen LogP contribution in [0.25, 0.3) is 0 Å². The topological polar surface area (TPSA) is 29.5 Å². The minimum Gasteiger partial charge on any atom is -0.497 e. The van der Waals surface area contributed by atoms with Crippen LogP contribution in [0.3, 0.4) is 0 Å². The van der Waals surface area contributed by atoms with Gasteiger partial charge in [0.15, 0.2) is 0 Å². The highest BCUT2D eigenvalue weighted by Crippen LogP contribution is 2.35. The number of rotatable bonds is 3. The Morgan fingerprint density at radius 2 is 1.79 bits per heavy atom. The summed E-state index contributed by atoms with van der Waals surface area (Å²) in [7, 11) is 1.56. The highest BCUT2D eigenvalue weighted by atomic mass is 79.9. The minimum atomic E-state index is -0.886. The van der Waals surface area contributed by atoms with Gasteiger partial charge in [0.1, 0.15) is 11.9 Å². The number of benzene rings is 2. The third-order valence-electron chi connectivity index (χ3n) is 2.75. The van der Waals surface area contributed by atoms with Gasteiger partial charge in [-0.2, -0.15) is 0 Å². The van der Waals surface area contributed by atoms with Gasteiger partial charge in [0.25, 0.3) is 0 Å². The maximum absolute atomic E-state index is 10.4. The second kappa shape index (κ2) is 6.14. The van der Waals surface area contributed by atoms with Gasteiger partial charge < -0.3 is 9.84 Å². The van der Waals surface area contributed by atoms with Crippen LogP contribution in [0, 0.1) is 0 Å². The van der Waals surface area contributed by atoms with Crippen LogP contribution in [0.5, 0.6) is 5.75 Å². The Morgan fingerprint density at radius 1 is 1.05 bits per heavy atom. The third kappa shape index (κ3) is 3.23. The standard InChI is InChI=1S/C14H11BrCl2O2/c1-19-9-3-4-10(13(17)7-9)14(18)11-6-8(15)2-5-12(11)16/h2-7,14,18H,1H3. The number of aliphatic hydroxyl groups excluding tert-OH is 1. The number of ether oxygens (including phenoxy) is 1. The van der Waals surface area contributed by atoms with Gasteiger partial charge in [0.05, 0.1) is 12.1 Å². The molecular weight excluding hydrogens is 351 g/mol. The van der Waals surface area contributed by atoms with Gasteiger partial charge in [0, 0.05) is 20.6 Å². The second-order valence-electron chi connectivity index (χ2n) is 3.96. The molecule has 0 saturated carbocycles. The predicted molar refractivity (Wildman–Crippen MR) is 81.2 cm³/mol. The summed E-state index contributed by atoms with van der Waals surface area (Å²) in [6, 6.07) is 10.4. The molecule has 19 heavy (non-hydrogen) atoms. The Morgan fingerprint density at radius 3 is 2.42 bits per heavy atom. The largest absolute Gasteiger partial charge is 0.497 e. The number of hydrogen-bond acceptors (Lipinski definition) is 2. The Kier molecular flexibility index (Phi) is 4.74. The van der Waals surface area contributed by atoms with E-state index in [1.54, 1.807) is 37.4 Å². The smallest absolute Gasteiger partial charge is 0.120 e. The minimum absolute atomic E-state index is 0.433. The summed E-state index contributed by atoms with van der Waals surface area (Å²) >= 11 is 15.6. The molecule has 2 aromatic carbocycles. The van der Waals surface area contributed by atoms with E-state index >= 15 is 0 Å². The van der Waals surface area contributed by atoms with E-state index in [2.05, 4.69) is 15.9 Å². The molecule has 0 aliphatic rings. The van der Waals surface area contributed by atoms with Crippen molar-refractivity contribution in [2.45, 2.75) is 6.10 Å². The molecule has 2 nitrogen and oxygen atoms in total. The van der Waals surface area contributed by atoms with Crippen molar-refractivity contribution in [3.63, 3.8) is 0 Å². The molecular formula is C14H11BrCl2O2. The summed E-state index contributed by atoms with van der Waals surface area (Å²) in [5.74, 6) is 0.640. The van der Waals surface area contributed by atoms with E-state index < -0.39 is 6.10 Å². The Labute approximate surface area is 130 Å². The van der Waals surface area contributed by atoms with Crippen LogP contribution in [0.4, 0.5) is 0 Å². The predicted octanol–water partition coefficient (Wildman–Crippen LogP) is 4.85. The van der Waals surface area contributed by atoms with Crippen molar-refractivity contribution in [1.29, 1.82) is 0 Å². The zero-order chi connectivity index (χ0) is 14.0. The van der Waals surface area contributed by atoms with Crippen LogP contribution in [-0.2, 0) is 0 Å². The molecule has 0 aliphatic heterocycles. The monoisotopic (exact) mass is 360 g/mol. The van der Waals surface area contributed by atoms with Crippen molar-refractivity contribution in [3.05, 3.63) is 62.0 Å². The zero-order valence-electron chi connectivity index (χ0n) is 10.0. The van der Waals surface area contributed by atoms with E-state index in [9.17, 15) is 5.11 Å². The van der Waals surface area contributed by atoms with E-state index in [4.69, 9.17) is 27.9 Å². The van der Waals surface area contributed by atoms with Crippen LogP contribution in [-0.4, -0.2) is 12.2 Å². The van der Waals surface area contributed by atoms with Crippen LogP contribution in [0.2, 0.25) is 10.0 Å². The quantitative estimate of drug-likeness (QED) is 0.846. The normalized spacial score (nSPS) is 12.3. The van der Waals surface area contributed by atoms with Crippen molar-refractivity contribution < 1.29 is 9.84 Å². The number of methoxy groups -OCH3 is 1. The average Bonchev–Trinajstić information content (AvgIpc) is 2.40. The molecule has 0 amide bonds. The Hall–Kier alpha value is -0.740. The van der Waals surface area contributed by atoms with Gasteiger partial charge in [-0.3, -0.25) is 0 Å². The lowest BCUT2D eigenvalue weighted by atomic mass is 10.0. The molecule has 1 N–H and O–H groups in total. The SMILES string of the molecule is COc1ccc(C(O)c2cc(Br)ccc2Cl)c(Cl)c1. The van der Waals surface area contributed by atoms with Crippen LogP contribution < -0.4 is 4.74 Å². The van der Waals surface area contributed by atoms with Gasteiger partial charge in [-0.25, -0.2) is 0 Å². The van der Waals surface area contributed by atoms with Gasteiger partial charge in [0.2, 0.25) is 0 Å². The molecule has 0 aromatic heterocycles. The molecule has 100 valence electrons. The molecule has 0 radical (unpaired) electrons. The summed E-state index contributed by atoms with van der Waals surface area (Å²) in [6.45, 7) is 0. The molecule has 0 heterocycles. The molecule has 1 unspecified atom stereocenters. The van der Waals surface area contributed by atoms with E-state index in [-0.39, 0.29) is 0 Å². The summed E-state index contributed by atoms with van der Waals surface area (Å²) in [6.07, 6.45) is -0.886. The first-order valence-corrected chi connectivity index (χ1v) is 7.04. The van der Waals surface area contributed by atoms with Crippen molar-refractivity contribution in [2.24, 2.45) is 0 Å². The van der Waals surface area contributed by atoms with Crippen LogP contribution in [0.15, 0.2) is 40.9 Å². The highest BCUT2D eigenvalue weighted by molar-refractivity contribution is 9.10. The second-order valence-corrected chi connectivity index (χ2v) is 5.69. The lowest BCUT2D eigenvalue weighted by molar-refractivity contribution is 0.220. The van der Waals surface area contributed by atoms with Gasteiger partial charge >= 0.3 is 0 Å². The van der Waals surface area contributed by atoms with Crippen LogP contribution >= 0.6 is 39.1 Å². The summed E-state index contributed by atoms with van der Waals surface area (Å²) in [5, 5.41) is 11.3. The van der Waals surface area contributed by atoms with Gasteiger partial charge in [-0.1, -0.05) is 45.2 Å². The fraction of sp³-hybridized carbons (Fsp3) is 0.143. The third-order valence-corrected chi connectivity index (χ3v) is 3.92. The highest BCUT2D eigenvalue weighted by Gasteiger charge is 2.17. The molecule has 2 aromatic rings. The first-order valence-electron chi connectivity index (χ1n) is 5.49. The maximum atomic E-state index is 10.4. The lowest BCUT2D eigenvalue weighted by Crippen LogP contribution is -2.02. The molecule has 0 spiro atoms. The molecule has 0 fully saturated rings. The maximum Gasteiger partial charge on any atom is 0.120 e. The van der Waals surface area contributed by atoms with Crippen molar-refractivity contribution >= 4 is 39.1 Å². The molecule has 0 aliphatic carbocycles. The molecule has 2 rings (SSSR count). The van der Waals surface area contributed by atoms with Crippen molar-refractivity contribution in [3.8, 4) is 5.75 Å². The molecule has 0 bridgehead atoms. The Balaban J connectivity index is 2.43. The van der Waals surface area contributed by atoms with E-state index in [1.807, 2.05) is 6.07 Å². The number of halogens is 3. The fourth-order valence-electron chi connectivity index (χ4n) is 1.75. The molecule has 5 heteroatoms. The van der Waals surface area contributed by atoms with Crippen LogP contribution in [0.1, 0.15) is 17.2 Å². The van der Waals surface area contributed by atoms with Gasteiger partial charge in [-0.05, 0) is 30.3 Å².